The number of allylic oxidation sites excluding steroid dienone is 1. The first-order chi connectivity index (χ1) is 5.59. The molecule has 0 aromatic heterocycles. The molecule has 0 amide bonds. The molecule has 1 aromatic carbocycles. The Labute approximate surface area is 72.9 Å². The van der Waals surface area contributed by atoms with E-state index in [4.69, 9.17) is 11.5 Å². The Hall–Kier alpha value is -1.44. The Morgan fingerprint density at radius 1 is 1.25 bits per heavy atom. The molecule has 0 bridgehead atoms. The van der Waals surface area contributed by atoms with Crippen LogP contribution >= 0.6 is 0 Å². The third kappa shape index (κ3) is 2.02. The van der Waals surface area contributed by atoms with Crippen LogP contribution in [-0.4, -0.2) is 0 Å². The van der Waals surface area contributed by atoms with E-state index in [0.29, 0.717) is 0 Å². The molecular weight excluding hydrogens is 148 g/mol. The van der Waals surface area contributed by atoms with Gasteiger partial charge in [-0.3, -0.25) is 0 Å². The highest BCUT2D eigenvalue weighted by Gasteiger charge is 1.95. The monoisotopic (exact) mass is 162 g/mol. The number of hydrogen-bond acceptors (Lipinski definition) is 2. The summed E-state index contributed by atoms with van der Waals surface area (Å²) in [6.07, 6.45) is 2.02. The summed E-state index contributed by atoms with van der Waals surface area (Å²) in [5.74, 6) is 0. The fraction of sp³-hybridized carbons (Fsp3) is 0.200. The van der Waals surface area contributed by atoms with Crippen LogP contribution in [-0.2, 0) is 0 Å². The maximum absolute atomic E-state index is 5.74. The Balaban J connectivity index is 3.14. The Kier molecular flexibility index (Phi) is 2.38. The van der Waals surface area contributed by atoms with Gasteiger partial charge in [0.1, 0.15) is 0 Å². The molecule has 2 nitrogen and oxygen atoms in total. The maximum atomic E-state index is 5.74. The van der Waals surface area contributed by atoms with Crippen LogP contribution in [0.25, 0.3) is 6.08 Å². The Bertz CT molecular complexity index is 310. The number of benzene rings is 1. The minimum atomic E-state index is 0.747. The Morgan fingerprint density at radius 2 is 1.92 bits per heavy atom. The van der Waals surface area contributed by atoms with Gasteiger partial charge in [-0.15, -0.1) is 0 Å². The van der Waals surface area contributed by atoms with Gasteiger partial charge in [0.05, 0.1) is 0 Å². The molecular formula is C10H14N2. The van der Waals surface area contributed by atoms with Gasteiger partial charge < -0.3 is 11.5 Å². The first-order valence-electron chi connectivity index (χ1n) is 3.89. The van der Waals surface area contributed by atoms with Gasteiger partial charge in [0.25, 0.3) is 0 Å². The molecule has 1 rings (SSSR count). The predicted octanol–water partition coefficient (Wildman–Crippen LogP) is 2.27. The topological polar surface area (TPSA) is 52.0 Å². The third-order valence-electron chi connectivity index (χ3n) is 1.56. The van der Waals surface area contributed by atoms with Crippen molar-refractivity contribution >= 4 is 17.5 Å². The smallest absolute Gasteiger partial charge is 0.0389 e. The summed E-state index contributed by atoms with van der Waals surface area (Å²) in [6.45, 7) is 4.06. The molecule has 0 atom stereocenters. The Morgan fingerprint density at radius 3 is 2.50 bits per heavy atom. The second-order valence-electron chi connectivity index (χ2n) is 3.11. The molecule has 12 heavy (non-hydrogen) atoms. The minimum absolute atomic E-state index is 0.747. The van der Waals surface area contributed by atoms with Crippen LogP contribution in [0.3, 0.4) is 0 Å². The lowest BCUT2D eigenvalue weighted by molar-refractivity contribution is 1.42. The van der Waals surface area contributed by atoms with E-state index in [-0.39, 0.29) is 0 Å². The molecule has 1 aromatic rings. The largest absolute Gasteiger partial charge is 0.399 e. The van der Waals surface area contributed by atoms with Gasteiger partial charge in [-0.05, 0) is 37.6 Å². The predicted molar refractivity (Wildman–Crippen MR) is 54.6 cm³/mol. The maximum Gasteiger partial charge on any atom is 0.0389 e. The zero-order valence-corrected chi connectivity index (χ0v) is 7.46. The van der Waals surface area contributed by atoms with Crippen molar-refractivity contribution in [3.63, 3.8) is 0 Å². The first kappa shape index (κ1) is 8.65. The molecule has 64 valence electrons. The van der Waals surface area contributed by atoms with Crippen LogP contribution in [0.1, 0.15) is 19.4 Å². The van der Waals surface area contributed by atoms with Crippen LogP contribution in [0.4, 0.5) is 11.4 Å². The van der Waals surface area contributed by atoms with E-state index < -0.39 is 0 Å². The van der Waals surface area contributed by atoms with Gasteiger partial charge in [-0.25, -0.2) is 0 Å². The van der Waals surface area contributed by atoms with Crippen molar-refractivity contribution in [1.29, 1.82) is 0 Å². The summed E-state index contributed by atoms with van der Waals surface area (Å²) in [5.41, 5.74) is 15.1. The third-order valence-corrected chi connectivity index (χ3v) is 1.56. The molecule has 0 saturated carbocycles. The number of anilines is 2. The van der Waals surface area contributed by atoms with Crippen molar-refractivity contribution in [3.05, 3.63) is 29.3 Å². The van der Waals surface area contributed by atoms with Crippen LogP contribution in [0, 0.1) is 0 Å². The highest BCUT2D eigenvalue weighted by Crippen LogP contribution is 2.18. The van der Waals surface area contributed by atoms with E-state index in [1.165, 1.54) is 5.57 Å². The van der Waals surface area contributed by atoms with E-state index in [9.17, 15) is 0 Å². The number of rotatable bonds is 1. The van der Waals surface area contributed by atoms with Crippen LogP contribution in [0.5, 0.6) is 0 Å². The van der Waals surface area contributed by atoms with Crippen molar-refractivity contribution in [2.24, 2.45) is 0 Å². The molecule has 2 heteroatoms. The molecule has 0 fully saturated rings. The van der Waals surface area contributed by atoms with E-state index in [0.717, 1.165) is 16.9 Å². The lowest BCUT2D eigenvalue weighted by atomic mass is 10.1. The van der Waals surface area contributed by atoms with Gasteiger partial charge in [-0.2, -0.15) is 0 Å². The van der Waals surface area contributed by atoms with Crippen molar-refractivity contribution < 1.29 is 0 Å². The molecule has 0 aliphatic carbocycles. The standard InChI is InChI=1S/C10H14N2/c1-7(2)5-8-6-9(11)3-4-10(8)12/h3-6H,11-12H2,1-2H3. The van der Waals surface area contributed by atoms with Gasteiger partial charge in [0.15, 0.2) is 0 Å². The number of nitrogen functional groups attached to an aromatic ring is 2. The summed E-state index contributed by atoms with van der Waals surface area (Å²) >= 11 is 0. The van der Waals surface area contributed by atoms with Crippen LogP contribution in [0.2, 0.25) is 0 Å². The van der Waals surface area contributed by atoms with Crippen molar-refractivity contribution in [2.75, 3.05) is 11.5 Å². The second kappa shape index (κ2) is 3.30. The van der Waals surface area contributed by atoms with Gasteiger partial charge in [0.2, 0.25) is 0 Å². The van der Waals surface area contributed by atoms with Gasteiger partial charge >= 0.3 is 0 Å². The zero-order valence-electron chi connectivity index (χ0n) is 7.46. The number of nitrogens with two attached hydrogens (primary N) is 2. The average molecular weight is 162 g/mol. The highest BCUT2D eigenvalue weighted by atomic mass is 14.6. The normalized spacial score (nSPS) is 9.50. The van der Waals surface area contributed by atoms with E-state index in [2.05, 4.69) is 0 Å². The lowest BCUT2D eigenvalue weighted by Crippen LogP contribution is -1.92. The first-order valence-corrected chi connectivity index (χ1v) is 3.89. The lowest BCUT2D eigenvalue weighted by Gasteiger charge is -2.02. The molecule has 0 unspecified atom stereocenters. The molecule has 0 saturated heterocycles. The quantitative estimate of drug-likeness (QED) is 0.622. The molecule has 0 heterocycles. The van der Waals surface area contributed by atoms with Crippen molar-refractivity contribution in [1.82, 2.24) is 0 Å². The van der Waals surface area contributed by atoms with E-state index in [1.807, 2.05) is 32.1 Å². The summed E-state index contributed by atoms with van der Waals surface area (Å²) < 4.78 is 0. The summed E-state index contributed by atoms with van der Waals surface area (Å²) in [4.78, 5) is 0. The number of hydrogen-bond donors (Lipinski definition) is 2. The van der Waals surface area contributed by atoms with Crippen LogP contribution in [0.15, 0.2) is 23.8 Å². The average Bonchev–Trinajstić information content (AvgIpc) is 1.96. The fourth-order valence-electron chi connectivity index (χ4n) is 1.03. The fourth-order valence-corrected chi connectivity index (χ4v) is 1.03. The zero-order chi connectivity index (χ0) is 9.14. The molecule has 0 aliphatic heterocycles. The molecule has 0 aliphatic rings. The highest BCUT2D eigenvalue weighted by molar-refractivity contribution is 5.69. The summed E-state index contributed by atoms with van der Waals surface area (Å²) in [7, 11) is 0. The molecule has 0 spiro atoms. The van der Waals surface area contributed by atoms with Crippen LogP contribution < -0.4 is 11.5 Å². The minimum Gasteiger partial charge on any atom is -0.399 e. The van der Waals surface area contributed by atoms with Gasteiger partial charge in [0, 0.05) is 11.4 Å². The summed E-state index contributed by atoms with van der Waals surface area (Å²) in [6, 6.07) is 5.50. The molecule has 4 N–H and O–H groups in total. The summed E-state index contributed by atoms with van der Waals surface area (Å²) in [5, 5.41) is 0. The van der Waals surface area contributed by atoms with Crippen molar-refractivity contribution in [2.45, 2.75) is 13.8 Å². The van der Waals surface area contributed by atoms with E-state index in [1.54, 1.807) is 6.07 Å². The second-order valence-corrected chi connectivity index (χ2v) is 3.11. The van der Waals surface area contributed by atoms with E-state index >= 15 is 0 Å². The molecule has 0 radical (unpaired) electrons. The van der Waals surface area contributed by atoms with Gasteiger partial charge in [-0.1, -0.05) is 11.6 Å². The van der Waals surface area contributed by atoms with Crippen molar-refractivity contribution in [3.8, 4) is 0 Å². The SMILES string of the molecule is CC(C)=Cc1cc(N)ccc1N.